The van der Waals surface area contributed by atoms with E-state index in [1.165, 1.54) is 23.4 Å². The van der Waals surface area contributed by atoms with Gasteiger partial charge in [0.1, 0.15) is 0 Å². The Labute approximate surface area is 209 Å². The summed E-state index contributed by atoms with van der Waals surface area (Å²) >= 11 is 8.05. The third-order valence-electron chi connectivity index (χ3n) is 5.66. The van der Waals surface area contributed by atoms with Gasteiger partial charge < -0.3 is 5.32 Å². The molecule has 3 aromatic rings. The normalized spacial score (nSPS) is 13.7. The van der Waals surface area contributed by atoms with Crippen molar-refractivity contribution in [3.63, 3.8) is 0 Å². The van der Waals surface area contributed by atoms with Crippen LogP contribution in [0.4, 0.5) is 17.7 Å². The van der Waals surface area contributed by atoms with Crippen molar-refractivity contribution < 1.29 is 22.4 Å². The number of benzene rings is 2. The van der Waals surface area contributed by atoms with Gasteiger partial charge in [0, 0.05) is 23.4 Å². The lowest BCUT2D eigenvalue weighted by atomic mass is 10.0. The summed E-state index contributed by atoms with van der Waals surface area (Å²) in [6, 6.07) is 11.1. The zero-order chi connectivity index (χ0) is 25.0. The van der Waals surface area contributed by atoms with E-state index >= 15 is 0 Å². The molecular formula is C25H22ClF4N3OS. The molecule has 0 bridgehead atoms. The molecule has 10 heteroatoms. The molecule has 0 fully saturated rings. The maximum absolute atomic E-state index is 14.4. The number of amides is 1. The molecule has 0 spiro atoms. The first kappa shape index (κ1) is 25.5. The quantitative estimate of drug-likeness (QED) is 0.224. The minimum atomic E-state index is -4.48. The zero-order valence-electron chi connectivity index (χ0n) is 18.5. The smallest absolute Gasteiger partial charge is 0.313 e. The van der Waals surface area contributed by atoms with Crippen molar-refractivity contribution in [1.82, 2.24) is 15.4 Å². The van der Waals surface area contributed by atoms with E-state index in [1.54, 1.807) is 17.8 Å². The summed E-state index contributed by atoms with van der Waals surface area (Å²) < 4.78 is 52.4. The molecule has 0 saturated carbocycles. The van der Waals surface area contributed by atoms with Gasteiger partial charge in [0.15, 0.2) is 0 Å². The maximum Gasteiger partial charge on any atom is 0.416 e. The summed E-state index contributed by atoms with van der Waals surface area (Å²) in [5.74, 6) is -0.385. The molecule has 1 aliphatic heterocycles. The van der Waals surface area contributed by atoms with Crippen LogP contribution >= 0.6 is 23.4 Å². The first-order valence-electron chi connectivity index (χ1n) is 10.9. The van der Waals surface area contributed by atoms with Crippen LogP contribution in [0.3, 0.4) is 0 Å². The lowest BCUT2D eigenvalue weighted by Crippen LogP contribution is -2.22. The fourth-order valence-corrected chi connectivity index (χ4v) is 5.22. The summed E-state index contributed by atoms with van der Waals surface area (Å²) in [5, 5.41) is 4.05. The molecule has 1 aromatic heterocycles. The second kappa shape index (κ2) is 11.0. The molecule has 2 aromatic carbocycles. The number of hydrogen-bond donors (Lipinski definition) is 1. The van der Waals surface area contributed by atoms with Crippen LogP contribution in [0.2, 0.25) is 5.02 Å². The zero-order valence-corrected chi connectivity index (χ0v) is 20.1. The van der Waals surface area contributed by atoms with Gasteiger partial charge in [-0.1, -0.05) is 34.3 Å². The summed E-state index contributed by atoms with van der Waals surface area (Å²) in [6.45, 7) is 1.29. The fraction of sp³-hybridized carbons (Fsp3) is 0.280. The van der Waals surface area contributed by atoms with E-state index in [2.05, 4.69) is 10.3 Å². The average molecular weight is 524 g/mol. The number of carbonyl (C=O) groups is 1. The summed E-state index contributed by atoms with van der Waals surface area (Å²) in [6.07, 6.45) is -1.20. The lowest BCUT2D eigenvalue weighted by molar-refractivity contribution is -0.137. The van der Waals surface area contributed by atoms with Crippen molar-refractivity contribution in [3.8, 4) is 0 Å². The highest BCUT2D eigenvalue weighted by Crippen LogP contribution is 2.36. The third kappa shape index (κ3) is 6.34. The minimum absolute atomic E-state index is 0.0406. The van der Waals surface area contributed by atoms with Crippen LogP contribution in [0.25, 0.3) is 0 Å². The van der Waals surface area contributed by atoms with Crippen LogP contribution in [0, 0.1) is 0 Å². The Morgan fingerprint density at radius 1 is 1.11 bits per heavy atom. The predicted molar refractivity (Wildman–Crippen MR) is 128 cm³/mol. The number of pyridine rings is 1. The van der Waals surface area contributed by atoms with Gasteiger partial charge in [-0.2, -0.15) is 18.3 Å². The average Bonchev–Trinajstić information content (AvgIpc) is 3.09. The van der Waals surface area contributed by atoms with Crippen molar-refractivity contribution in [2.24, 2.45) is 0 Å². The van der Waals surface area contributed by atoms with Crippen LogP contribution < -0.4 is 5.32 Å². The first-order chi connectivity index (χ1) is 16.7. The van der Waals surface area contributed by atoms with Gasteiger partial charge in [-0.3, -0.25) is 9.78 Å². The van der Waals surface area contributed by atoms with Crippen molar-refractivity contribution in [2.75, 3.05) is 6.54 Å². The fourth-order valence-electron chi connectivity index (χ4n) is 3.80. The van der Waals surface area contributed by atoms with E-state index in [1.807, 2.05) is 12.1 Å². The van der Waals surface area contributed by atoms with E-state index in [0.29, 0.717) is 16.5 Å². The molecule has 184 valence electrons. The number of fused-ring (bicyclic) bond motifs is 1. The van der Waals surface area contributed by atoms with Crippen LogP contribution in [0.15, 0.2) is 59.6 Å². The van der Waals surface area contributed by atoms with Crippen molar-refractivity contribution in [2.45, 2.75) is 42.8 Å². The van der Waals surface area contributed by atoms with Gasteiger partial charge >= 0.3 is 6.18 Å². The van der Waals surface area contributed by atoms with Gasteiger partial charge in [0.25, 0.3) is 5.91 Å². The van der Waals surface area contributed by atoms with Crippen LogP contribution in [0.5, 0.6) is 0 Å². The number of alkyl halides is 3. The Balaban J connectivity index is 1.38. The number of halogens is 5. The lowest BCUT2D eigenvalue weighted by Gasteiger charge is -2.14. The molecule has 4 nitrogen and oxygen atoms in total. The number of aromatic nitrogens is 1. The van der Waals surface area contributed by atoms with Gasteiger partial charge in [-0.15, -0.1) is 11.8 Å². The van der Waals surface area contributed by atoms with Crippen molar-refractivity contribution in [3.05, 3.63) is 93.3 Å². The van der Waals surface area contributed by atoms with Gasteiger partial charge in [-0.25, -0.2) is 0 Å². The SMILES string of the molecule is O=C(c1ccc(CSc2c(Cl)ccc3c2CCCNC3)nc1)N(F)Cc1ccc(C(F)(F)F)cc1. The second-order valence-corrected chi connectivity index (χ2v) is 9.53. The molecule has 0 atom stereocenters. The van der Waals surface area contributed by atoms with Crippen molar-refractivity contribution in [1.29, 1.82) is 0 Å². The number of rotatable bonds is 6. The molecule has 1 aliphatic rings. The number of nitrogens with zero attached hydrogens (tertiary/aromatic N) is 2. The highest BCUT2D eigenvalue weighted by Gasteiger charge is 2.30. The molecule has 35 heavy (non-hydrogen) atoms. The van der Waals surface area contributed by atoms with Crippen LogP contribution in [-0.4, -0.2) is 22.6 Å². The summed E-state index contributed by atoms with van der Waals surface area (Å²) in [4.78, 5) is 17.7. The standard InChI is InChI=1S/C25H22ClF4N3OS/c26-22-10-6-17-12-31-11-1-2-21(17)23(22)35-15-20-9-5-18(13-32-20)24(34)33(30)14-16-3-7-19(8-4-16)25(27,28)29/h3-10,13,31H,1-2,11-12,14-15H2. The van der Waals surface area contributed by atoms with Gasteiger partial charge in [0.2, 0.25) is 0 Å². The number of nitrogens with one attached hydrogen (secondary N) is 1. The Morgan fingerprint density at radius 3 is 2.57 bits per heavy atom. The van der Waals surface area contributed by atoms with Gasteiger partial charge in [-0.05, 0) is 66.4 Å². The van der Waals surface area contributed by atoms with E-state index < -0.39 is 24.2 Å². The Morgan fingerprint density at radius 2 is 1.89 bits per heavy atom. The minimum Gasteiger partial charge on any atom is -0.313 e. The molecule has 0 aliphatic carbocycles. The number of carbonyl (C=O) groups excluding carboxylic acids is 1. The molecule has 0 unspecified atom stereocenters. The topological polar surface area (TPSA) is 45.2 Å². The first-order valence-corrected chi connectivity index (χ1v) is 12.3. The number of hydrogen-bond acceptors (Lipinski definition) is 4. The highest BCUT2D eigenvalue weighted by atomic mass is 35.5. The predicted octanol–water partition coefficient (Wildman–Crippen LogP) is 6.61. The molecule has 4 rings (SSSR count). The monoisotopic (exact) mass is 523 g/mol. The van der Waals surface area contributed by atoms with E-state index in [9.17, 15) is 22.4 Å². The van der Waals surface area contributed by atoms with Gasteiger partial charge in [0.05, 0.1) is 28.4 Å². The molecule has 1 N–H and O–H groups in total. The Bertz CT molecular complexity index is 1190. The molecule has 0 saturated heterocycles. The summed E-state index contributed by atoms with van der Waals surface area (Å²) in [5.41, 5.74) is 2.64. The molecular weight excluding hydrogens is 502 g/mol. The second-order valence-electron chi connectivity index (χ2n) is 8.14. The molecule has 0 radical (unpaired) electrons. The summed E-state index contributed by atoms with van der Waals surface area (Å²) in [7, 11) is 0. The number of thioether (sulfide) groups is 1. The third-order valence-corrected chi connectivity index (χ3v) is 7.29. The Kier molecular flexibility index (Phi) is 7.98. The van der Waals surface area contributed by atoms with Crippen LogP contribution in [-0.2, 0) is 31.4 Å². The van der Waals surface area contributed by atoms with Crippen molar-refractivity contribution >= 4 is 29.3 Å². The van der Waals surface area contributed by atoms with E-state index in [-0.39, 0.29) is 16.2 Å². The largest absolute Gasteiger partial charge is 0.416 e. The molecule has 1 amide bonds. The molecule has 2 heterocycles. The maximum atomic E-state index is 14.4. The van der Waals surface area contributed by atoms with Crippen LogP contribution in [0.1, 0.15) is 44.7 Å². The van der Waals surface area contributed by atoms with E-state index in [0.717, 1.165) is 55.1 Å². The van der Waals surface area contributed by atoms with E-state index in [4.69, 9.17) is 11.6 Å². The highest BCUT2D eigenvalue weighted by molar-refractivity contribution is 7.98. The Hall–Kier alpha value is -2.62.